The van der Waals surface area contributed by atoms with E-state index in [2.05, 4.69) is 23.7 Å². The van der Waals surface area contributed by atoms with Crippen molar-refractivity contribution in [2.75, 3.05) is 13.1 Å². The molecule has 4 heteroatoms. The van der Waals surface area contributed by atoms with Crippen molar-refractivity contribution in [3.63, 3.8) is 0 Å². The highest BCUT2D eigenvalue weighted by Gasteiger charge is 2.24. The van der Waals surface area contributed by atoms with Crippen LogP contribution in [0.4, 0.5) is 0 Å². The Hall–Kier alpha value is -0.740. The molecule has 0 radical (unpaired) electrons. The Morgan fingerprint density at radius 2 is 2.50 bits per heavy atom. The summed E-state index contributed by atoms with van der Waals surface area (Å²) >= 11 is 1.61. The van der Waals surface area contributed by atoms with Gasteiger partial charge in [0.05, 0.1) is 5.01 Å². The van der Waals surface area contributed by atoms with Crippen LogP contribution in [-0.4, -0.2) is 35.3 Å². The van der Waals surface area contributed by atoms with Gasteiger partial charge in [-0.15, -0.1) is 11.3 Å². The zero-order valence-electron chi connectivity index (χ0n) is 9.85. The van der Waals surface area contributed by atoms with Gasteiger partial charge in [-0.25, -0.2) is 4.98 Å². The molecule has 2 heterocycles. The largest absolute Gasteiger partial charge is 0.301 e. The van der Waals surface area contributed by atoms with Crippen LogP contribution in [0.15, 0.2) is 5.38 Å². The van der Waals surface area contributed by atoms with Crippen molar-refractivity contribution in [2.45, 2.75) is 32.7 Å². The predicted molar refractivity (Wildman–Crippen MR) is 66.0 cm³/mol. The molecule has 16 heavy (non-hydrogen) atoms. The monoisotopic (exact) mass is 238 g/mol. The highest BCUT2D eigenvalue weighted by atomic mass is 32.1. The maximum Gasteiger partial charge on any atom is 0.169 e. The summed E-state index contributed by atoms with van der Waals surface area (Å²) in [5.41, 5.74) is 0.582. The molecule has 1 saturated heterocycles. The predicted octanol–water partition coefficient (Wildman–Crippen LogP) is 2.23. The summed E-state index contributed by atoms with van der Waals surface area (Å²) < 4.78 is 0. The molecule has 2 rings (SSSR count). The Labute approximate surface area is 100 Å². The lowest BCUT2D eigenvalue weighted by Gasteiger charge is -2.19. The second kappa shape index (κ2) is 5.06. The lowest BCUT2D eigenvalue weighted by atomic mass is 10.1. The lowest BCUT2D eigenvalue weighted by Crippen LogP contribution is -2.28. The smallest absolute Gasteiger partial charge is 0.169 e. The Balaban J connectivity index is 1.89. The molecule has 0 amide bonds. The van der Waals surface area contributed by atoms with Crippen LogP contribution in [0.5, 0.6) is 0 Å². The van der Waals surface area contributed by atoms with Crippen molar-refractivity contribution in [1.82, 2.24) is 9.88 Å². The van der Waals surface area contributed by atoms with Crippen LogP contribution < -0.4 is 0 Å². The standard InChI is InChI=1S/C12H18N2OS/c1-9(2)14-4-3-10(6-14)5-12-13-11(7-15)8-16-12/h7-10H,3-6H2,1-2H3. The number of thiazole rings is 1. The van der Waals surface area contributed by atoms with Crippen LogP contribution >= 0.6 is 11.3 Å². The number of carbonyl (C=O) groups is 1. The number of hydrogen-bond acceptors (Lipinski definition) is 4. The highest BCUT2D eigenvalue weighted by molar-refractivity contribution is 7.09. The Bertz CT molecular complexity index is 362. The topological polar surface area (TPSA) is 33.2 Å². The van der Waals surface area contributed by atoms with Crippen LogP contribution in [0.25, 0.3) is 0 Å². The molecule has 0 aliphatic carbocycles. The van der Waals surface area contributed by atoms with Gasteiger partial charge in [-0.05, 0) is 32.7 Å². The van der Waals surface area contributed by atoms with Crippen LogP contribution in [-0.2, 0) is 6.42 Å². The van der Waals surface area contributed by atoms with E-state index in [4.69, 9.17) is 0 Å². The number of hydrogen-bond donors (Lipinski definition) is 0. The van der Waals surface area contributed by atoms with Crippen molar-refractivity contribution < 1.29 is 4.79 Å². The second-order valence-corrected chi connectivity index (χ2v) is 5.67. The summed E-state index contributed by atoms with van der Waals surface area (Å²) in [6.45, 7) is 6.87. The summed E-state index contributed by atoms with van der Waals surface area (Å²) in [4.78, 5) is 17.3. The Kier molecular flexibility index (Phi) is 3.71. The maximum atomic E-state index is 10.5. The SMILES string of the molecule is CC(C)N1CCC(Cc2nc(C=O)cs2)C1. The zero-order valence-corrected chi connectivity index (χ0v) is 10.7. The van der Waals surface area contributed by atoms with Crippen molar-refractivity contribution >= 4 is 17.6 Å². The third-order valence-electron chi connectivity index (χ3n) is 3.20. The fourth-order valence-corrected chi connectivity index (χ4v) is 3.07. The molecule has 0 aromatic carbocycles. The van der Waals surface area contributed by atoms with E-state index < -0.39 is 0 Å². The third-order valence-corrected chi connectivity index (χ3v) is 4.09. The summed E-state index contributed by atoms with van der Waals surface area (Å²) in [6.07, 6.45) is 3.12. The van der Waals surface area contributed by atoms with E-state index in [9.17, 15) is 4.79 Å². The minimum Gasteiger partial charge on any atom is -0.301 e. The minimum atomic E-state index is 0.582. The van der Waals surface area contributed by atoms with E-state index in [0.29, 0.717) is 17.7 Å². The highest BCUT2D eigenvalue weighted by Crippen LogP contribution is 2.23. The molecule has 1 aliphatic rings. The van der Waals surface area contributed by atoms with E-state index in [1.165, 1.54) is 19.5 Å². The van der Waals surface area contributed by atoms with Gasteiger partial charge >= 0.3 is 0 Å². The molecule has 1 aromatic rings. The number of rotatable bonds is 4. The molecular weight excluding hydrogens is 220 g/mol. The van der Waals surface area contributed by atoms with E-state index in [-0.39, 0.29) is 0 Å². The van der Waals surface area contributed by atoms with Gasteiger partial charge in [0.2, 0.25) is 0 Å². The Morgan fingerprint density at radius 1 is 1.69 bits per heavy atom. The molecule has 1 unspecified atom stereocenters. The molecule has 88 valence electrons. The normalized spacial score (nSPS) is 21.8. The molecule has 0 N–H and O–H groups in total. The van der Waals surface area contributed by atoms with Gasteiger partial charge in [0.15, 0.2) is 6.29 Å². The first-order valence-corrected chi connectivity index (χ1v) is 6.70. The van der Waals surface area contributed by atoms with Crippen molar-refractivity contribution in [1.29, 1.82) is 0 Å². The molecule has 3 nitrogen and oxygen atoms in total. The van der Waals surface area contributed by atoms with Crippen molar-refractivity contribution in [2.24, 2.45) is 5.92 Å². The molecule has 0 saturated carbocycles. The molecule has 1 atom stereocenters. The van der Waals surface area contributed by atoms with Crippen molar-refractivity contribution in [3.8, 4) is 0 Å². The molecule has 1 aromatic heterocycles. The quantitative estimate of drug-likeness (QED) is 0.754. The van der Waals surface area contributed by atoms with Crippen LogP contribution in [0.1, 0.15) is 35.8 Å². The van der Waals surface area contributed by atoms with Crippen LogP contribution in [0, 0.1) is 5.92 Å². The Morgan fingerprint density at radius 3 is 3.06 bits per heavy atom. The van der Waals surface area contributed by atoms with Gasteiger partial charge in [-0.3, -0.25) is 4.79 Å². The zero-order chi connectivity index (χ0) is 11.5. The number of carbonyl (C=O) groups excluding carboxylic acids is 1. The average Bonchev–Trinajstić information content (AvgIpc) is 2.87. The number of aromatic nitrogens is 1. The van der Waals surface area contributed by atoms with Gasteiger partial charge < -0.3 is 4.90 Å². The van der Waals surface area contributed by atoms with Crippen LogP contribution in [0.2, 0.25) is 0 Å². The van der Waals surface area contributed by atoms with Gasteiger partial charge in [-0.2, -0.15) is 0 Å². The summed E-state index contributed by atoms with van der Waals surface area (Å²) in [5, 5.41) is 2.95. The minimum absolute atomic E-state index is 0.582. The van der Waals surface area contributed by atoms with E-state index in [1.807, 2.05) is 5.38 Å². The van der Waals surface area contributed by atoms with Gasteiger partial charge in [0.25, 0.3) is 0 Å². The number of aldehydes is 1. The third kappa shape index (κ3) is 2.68. The lowest BCUT2D eigenvalue weighted by molar-refractivity contribution is 0.111. The van der Waals surface area contributed by atoms with Gasteiger partial charge in [0.1, 0.15) is 5.69 Å². The molecule has 1 aliphatic heterocycles. The second-order valence-electron chi connectivity index (χ2n) is 4.73. The summed E-state index contributed by atoms with van der Waals surface area (Å²) in [7, 11) is 0. The molecular formula is C12H18N2OS. The first-order chi connectivity index (χ1) is 7.69. The molecule has 0 bridgehead atoms. The maximum absolute atomic E-state index is 10.5. The van der Waals surface area contributed by atoms with Gasteiger partial charge in [0, 0.05) is 24.4 Å². The van der Waals surface area contributed by atoms with Crippen LogP contribution in [0.3, 0.4) is 0 Å². The van der Waals surface area contributed by atoms with E-state index in [1.54, 1.807) is 11.3 Å². The summed E-state index contributed by atoms with van der Waals surface area (Å²) in [6, 6.07) is 0.645. The van der Waals surface area contributed by atoms with E-state index in [0.717, 1.165) is 17.7 Å². The summed E-state index contributed by atoms with van der Waals surface area (Å²) in [5.74, 6) is 0.716. The first-order valence-electron chi connectivity index (χ1n) is 5.82. The van der Waals surface area contributed by atoms with Gasteiger partial charge in [-0.1, -0.05) is 0 Å². The number of likely N-dealkylation sites (tertiary alicyclic amines) is 1. The van der Waals surface area contributed by atoms with E-state index >= 15 is 0 Å². The molecule has 0 spiro atoms. The fraction of sp³-hybridized carbons (Fsp3) is 0.667. The fourth-order valence-electron chi connectivity index (χ4n) is 2.22. The first kappa shape index (κ1) is 11.7. The molecule has 1 fully saturated rings. The van der Waals surface area contributed by atoms with Crippen molar-refractivity contribution in [3.05, 3.63) is 16.1 Å². The average molecular weight is 238 g/mol. The number of nitrogens with zero attached hydrogens (tertiary/aromatic N) is 2.